The van der Waals surface area contributed by atoms with E-state index in [0.717, 1.165) is 28.8 Å². The lowest BCUT2D eigenvalue weighted by Crippen LogP contribution is -2.35. The van der Waals surface area contributed by atoms with Gasteiger partial charge in [-0.25, -0.2) is 13.4 Å². The van der Waals surface area contributed by atoms with Gasteiger partial charge in [0.05, 0.1) is 10.6 Å². The third-order valence-electron chi connectivity index (χ3n) is 6.64. The number of sulfonamides is 1. The van der Waals surface area contributed by atoms with Gasteiger partial charge >= 0.3 is 5.97 Å². The van der Waals surface area contributed by atoms with Crippen LogP contribution < -0.4 is 14.5 Å². The summed E-state index contributed by atoms with van der Waals surface area (Å²) in [6.45, 7) is 1.11. The standard InChI is InChI=1S/C30H31Cl2N5O5S/c1-35(2)11-12-36(3)28-13-20(9-10-33-28)18-34-30(40)27-6-4-5-21-14-24(7-8-26(21)27)37(19-29(38)39)43(41,42)25-16-22(31)15-23(32)17-25/h4-10,13-17H,11-12,18-19H2,1-3H3,(H,34,40)(H,38,39). The molecule has 0 atom stereocenters. The number of rotatable bonds is 12. The quantitative estimate of drug-likeness (QED) is 0.227. The molecule has 226 valence electrons. The molecule has 0 aliphatic heterocycles. The normalized spacial score (nSPS) is 11.5. The van der Waals surface area contributed by atoms with Crippen molar-refractivity contribution in [3.63, 3.8) is 0 Å². The van der Waals surface area contributed by atoms with Crippen LogP contribution in [0.4, 0.5) is 11.5 Å². The van der Waals surface area contributed by atoms with Gasteiger partial charge in [-0.3, -0.25) is 13.9 Å². The highest BCUT2D eigenvalue weighted by atomic mass is 35.5. The fourth-order valence-electron chi connectivity index (χ4n) is 4.39. The van der Waals surface area contributed by atoms with E-state index in [1.54, 1.807) is 30.5 Å². The summed E-state index contributed by atoms with van der Waals surface area (Å²) >= 11 is 12.0. The molecular formula is C30H31Cl2N5O5S. The highest BCUT2D eigenvalue weighted by Crippen LogP contribution is 2.31. The molecule has 0 radical (unpaired) electrons. The predicted octanol–water partition coefficient (Wildman–Crippen LogP) is 4.75. The van der Waals surface area contributed by atoms with Crippen LogP contribution in [-0.4, -0.2) is 76.1 Å². The zero-order valence-electron chi connectivity index (χ0n) is 23.8. The van der Waals surface area contributed by atoms with E-state index in [9.17, 15) is 23.1 Å². The average molecular weight is 645 g/mol. The topological polar surface area (TPSA) is 123 Å². The minimum atomic E-state index is -4.35. The van der Waals surface area contributed by atoms with Crippen molar-refractivity contribution in [2.75, 3.05) is 50.0 Å². The third kappa shape index (κ3) is 7.94. The van der Waals surface area contributed by atoms with Gasteiger partial charge in [-0.1, -0.05) is 41.4 Å². The molecule has 0 bridgehead atoms. The summed E-state index contributed by atoms with van der Waals surface area (Å²) in [5, 5.41) is 13.8. The molecule has 2 N–H and O–H groups in total. The number of hydrogen-bond donors (Lipinski definition) is 2. The molecule has 3 aromatic carbocycles. The van der Waals surface area contributed by atoms with E-state index in [1.165, 1.54) is 30.3 Å². The number of fused-ring (bicyclic) bond motifs is 1. The number of pyridine rings is 1. The molecule has 0 saturated heterocycles. The van der Waals surface area contributed by atoms with Crippen molar-refractivity contribution in [1.82, 2.24) is 15.2 Å². The van der Waals surface area contributed by atoms with Crippen molar-refractivity contribution < 1.29 is 23.1 Å². The zero-order valence-corrected chi connectivity index (χ0v) is 26.1. The van der Waals surface area contributed by atoms with E-state index in [0.29, 0.717) is 16.3 Å². The number of amides is 1. The Kier molecular flexibility index (Phi) is 10.1. The molecule has 13 heteroatoms. The second-order valence-electron chi connectivity index (χ2n) is 10.2. The van der Waals surface area contributed by atoms with Crippen molar-refractivity contribution in [3.05, 3.63) is 94.1 Å². The maximum Gasteiger partial charge on any atom is 0.324 e. The lowest BCUT2D eigenvalue weighted by atomic mass is 10.0. The number of carbonyl (C=O) groups is 2. The molecular weight excluding hydrogens is 613 g/mol. The number of aliphatic carboxylic acids is 1. The number of halogens is 2. The molecule has 4 rings (SSSR count). The van der Waals surface area contributed by atoms with Crippen LogP contribution in [0.5, 0.6) is 0 Å². The lowest BCUT2D eigenvalue weighted by molar-refractivity contribution is -0.135. The van der Waals surface area contributed by atoms with Gasteiger partial charge in [0.1, 0.15) is 12.4 Å². The number of likely N-dealkylation sites (N-methyl/N-ethyl adjacent to an activating group) is 2. The minimum absolute atomic E-state index is 0.0925. The number of carboxylic acids is 1. The first kappa shape index (κ1) is 32.0. The monoisotopic (exact) mass is 643 g/mol. The molecule has 1 aromatic heterocycles. The molecule has 0 saturated carbocycles. The summed E-state index contributed by atoms with van der Waals surface area (Å²) in [4.78, 5) is 33.3. The number of benzene rings is 3. The Balaban J connectivity index is 1.59. The summed E-state index contributed by atoms with van der Waals surface area (Å²) < 4.78 is 27.8. The largest absolute Gasteiger partial charge is 0.480 e. The number of carbonyl (C=O) groups excluding carboxylic acids is 1. The first-order valence-electron chi connectivity index (χ1n) is 13.2. The van der Waals surface area contributed by atoms with Crippen LogP contribution in [0.2, 0.25) is 10.0 Å². The summed E-state index contributed by atoms with van der Waals surface area (Å²) in [5.74, 6) is -0.874. The van der Waals surface area contributed by atoms with E-state index in [-0.39, 0.29) is 33.1 Å². The Morgan fingerprint density at radius 2 is 1.65 bits per heavy atom. The SMILES string of the molecule is CN(C)CCN(C)c1cc(CNC(=O)c2cccc3cc(N(CC(=O)O)S(=O)(=O)c4cc(Cl)cc(Cl)c4)ccc23)ccn1. The molecule has 1 amide bonds. The van der Waals surface area contributed by atoms with Gasteiger partial charge in [-0.15, -0.1) is 0 Å². The number of nitrogens with one attached hydrogen (secondary N) is 1. The Morgan fingerprint density at radius 1 is 0.930 bits per heavy atom. The van der Waals surface area contributed by atoms with Gasteiger partial charge in [0, 0.05) is 48.5 Å². The number of hydrogen-bond acceptors (Lipinski definition) is 7. The number of nitrogens with zero attached hydrogens (tertiary/aromatic N) is 4. The third-order valence-corrected chi connectivity index (χ3v) is 8.82. The summed E-state index contributed by atoms with van der Waals surface area (Å²) in [7, 11) is 1.62. The van der Waals surface area contributed by atoms with Crippen molar-refractivity contribution in [1.29, 1.82) is 0 Å². The van der Waals surface area contributed by atoms with Crippen LogP contribution in [-0.2, 0) is 21.4 Å². The van der Waals surface area contributed by atoms with Crippen molar-refractivity contribution in [2.45, 2.75) is 11.4 Å². The predicted molar refractivity (Wildman–Crippen MR) is 170 cm³/mol. The van der Waals surface area contributed by atoms with Crippen LogP contribution in [0.1, 0.15) is 15.9 Å². The molecule has 0 unspecified atom stereocenters. The molecule has 0 aliphatic rings. The molecule has 0 aliphatic carbocycles. The Morgan fingerprint density at radius 3 is 2.33 bits per heavy atom. The summed E-state index contributed by atoms with van der Waals surface area (Å²) in [5.41, 5.74) is 1.37. The number of anilines is 2. The van der Waals surface area contributed by atoms with Crippen LogP contribution in [0.3, 0.4) is 0 Å². The first-order chi connectivity index (χ1) is 20.3. The highest BCUT2D eigenvalue weighted by Gasteiger charge is 2.28. The van der Waals surface area contributed by atoms with E-state index in [2.05, 4.69) is 15.2 Å². The zero-order chi connectivity index (χ0) is 31.3. The maximum absolute atomic E-state index is 13.5. The van der Waals surface area contributed by atoms with E-state index < -0.39 is 22.5 Å². The van der Waals surface area contributed by atoms with Crippen molar-refractivity contribution >= 4 is 67.4 Å². The van der Waals surface area contributed by atoms with Crippen molar-refractivity contribution in [3.8, 4) is 0 Å². The smallest absolute Gasteiger partial charge is 0.324 e. The first-order valence-corrected chi connectivity index (χ1v) is 15.4. The second kappa shape index (κ2) is 13.6. The fraction of sp³-hybridized carbons (Fsp3) is 0.233. The van der Waals surface area contributed by atoms with Gasteiger partial charge in [0.15, 0.2) is 0 Å². The molecule has 10 nitrogen and oxygen atoms in total. The molecule has 43 heavy (non-hydrogen) atoms. The summed E-state index contributed by atoms with van der Waals surface area (Å²) in [6.07, 6.45) is 1.71. The molecule has 0 spiro atoms. The van der Waals surface area contributed by atoms with Crippen LogP contribution in [0.15, 0.2) is 77.8 Å². The molecule has 4 aromatic rings. The lowest BCUT2D eigenvalue weighted by Gasteiger charge is -2.23. The second-order valence-corrected chi connectivity index (χ2v) is 12.9. The van der Waals surface area contributed by atoms with Crippen molar-refractivity contribution in [2.24, 2.45) is 0 Å². The number of carboxylic acid groups (broad SMARTS) is 1. The van der Waals surface area contributed by atoms with Crippen LogP contribution in [0, 0.1) is 0 Å². The minimum Gasteiger partial charge on any atom is -0.480 e. The Bertz CT molecular complexity index is 1750. The number of aromatic nitrogens is 1. The van der Waals surface area contributed by atoms with E-state index in [4.69, 9.17) is 23.2 Å². The Hall–Kier alpha value is -3.90. The van der Waals surface area contributed by atoms with Gasteiger partial charge < -0.3 is 20.2 Å². The highest BCUT2D eigenvalue weighted by molar-refractivity contribution is 7.92. The fourth-order valence-corrected chi connectivity index (χ4v) is 6.52. The molecule has 0 fully saturated rings. The Labute approximate surface area is 260 Å². The van der Waals surface area contributed by atoms with Crippen LogP contribution >= 0.6 is 23.2 Å². The van der Waals surface area contributed by atoms with Gasteiger partial charge in [0.2, 0.25) is 0 Å². The summed E-state index contributed by atoms with van der Waals surface area (Å²) in [6, 6.07) is 17.2. The molecule has 1 heterocycles. The van der Waals surface area contributed by atoms with Gasteiger partial charge in [-0.05, 0) is 79.0 Å². The van der Waals surface area contributed by atoms with Crippen LogP contribution in [0.25, 0.3) is 10.8 Å². The van der Waals surface area contributed by atoms with Gasteiger partial charge in [0.25, 0.3) is 15.9 Å². The van der Waals surface area contributed by atoms with Gasteiger partial charge in [-0.2, -0.15) is 0 Å². The maximum atomic E-state index is 13.5. The average Bonchev–Trinajstić information content (AvgIpc) is 2.96. The van der Waals surface area contributed by atoms with E-state index >= 15 is 0 Å². The van der Waals surface area contributed by atoms with E-state index in [1.807, 2.05) is 38.2 Å².